The van der Waals surface area contributed by atoms with Gasteiger partial charge >= 0.3 is 0 Å². The molecule has 1 atom stereocenters. The van der Waals surface area contributed by atoms with Crippen LogP contribution in [0.4, 0.5) is 0 Å². The maximum absolute atomic E-state index is 13.0. The molecule has 0 radical (unpaired) electrons. The smallest absolute Gasteiger partial charge is 0.242 e. The van der Waals surface area contributed by atoms with Gasteiger partial charge in [-0.25, -0.2) is 0 Å². The summed E-state index contributed by atoms with van der Waals surface area (Å²) in [6, 6.07) is 16.8. The van der Waals surface area contributed by atoms with Crippen LogP contribution in [0.2, 0.25) is 0 Å². The molecule has 0 aliphatic carbocycles. The molecule has 0 saturated heterocycles. The highest BCUT2D eigenvalue weighted by Crippen LogP contribution is 2.20. The van der Waals surface area contributed by atoms with Gasteiger partial charge in [-0.05, 0) is 43.2 Å². The molecule has 1 unspecified atom stereocenters. The molecule has 5 nitrogen and oxygen atoms in total. The minimum absolute atomic E-state index is 0.0733. The Hall–Kier alpha value is -2.47. The number of rotatable bonds is 10. The molecular formula is C22H28N2O3S. The minimum Gasteiger partial charge on any atom is -0.497 e. The highest BCUT2D eigenvalue weighted by Gasteiger charge is 2.26. The van der Waals surface area contributed by atoms with Crippen molar-refractivity contribution in [1.29, 1.82) is 0 Å². The third-order valence-corrected chi connectivity index (χ3v) is 5.31. The Morgan fingerprint density at radius 3 is 2.57 bits per heavy atom. The number of nitrogens with zero attached hydrogens (tertiary/aromatic N) is 1. The summed E-state index contributed by atoms with van der Waals surface area (Å²) in [5.41, 5.74) is 0.924. The van der Waals surface area contributed by atoms with E-state index in [0.717, 1.165) is 22.6 Å². The summed E-state index contributed by atoms with van der Waals surface area (Å²) in [7, 11) is 1.61. The standard InChI is InChI=1S/C22H28N2O3S/c1-4-13-23-22(26)17(2)24(15-18-9-8-10-19(14-18)27-3)21(25)16-28-20-11-6-5-7-12-20/h5-12,14,17H,4,13,15-16H2,1-3H3,(H,23,26). The van der Waals surface area contributed by atoms with E-state index in [2.05, 4.69) is 5.32 Å². The number of carbonyl (C=O) groups is 2. The zero-order chi connectivity index (χ0) is 20.4. The summed E-state index contributed by atoms with van der Waals surface area (Å²) in [6.07, 6.45) is 0.853. The summed E-state index contributed by atoms with van der Waals surface area (Å²) in [5.74, 6) is 0.796. The zero-order valence-electron chi connectivity index (χ0n) is 16.7. The van der Waals surface area contributed by atoms with Crippen molar-refractivity contribution >= 4 is 23.6 Å². The van der Waals surface area contributed by atoms with E-state index in [4.69, 9.17) is 4.74 Å². The van der Waals surface area contributed by atoms with Gasteiger partial charge in [0, 0.05) is 18.0 Å². The lowest BCUT2D eigenvalue weighted by molar-refractivity contribution is -0.138. The van der Waals surface area contributed by atoms with E-state index in [1.54, 1.807) is 18.9 Å². The average molecular weight is 401 g/mol. The van der Waals surface area contributed by atoms with Crippen LogP contribution >= 0.6 is 11.8 Å². The van der Waals surface area contributed by atoms with Gasteiger partial charge in [0.2, 0.25) is 11.8 Å². The number of ether oxygens (including phenoxy) is 1. The maximum atomic E-state index is 13.0. The second-order valence-electron chi connectivity index (χ2n) is 6.44. The van der Waals surface area contributed by atoms with Crippen LogP contribution in [0.15, 0.2) is 59.5 Å². The molecule has 2 aromatic carbocycles. The van der Waals surface area contributed by atoms with Gasteiger partial charge in [-0.1, -0.05) is 37.3 Å². The molecule has 6 heteroatoms. The van der Waals surface area contributed by atoms with E-state index in [0.29, 0.717) is 13.1 Å². The fraction of sp³-hybridized carbons (Fsp3) is 0.364. The first-order valence-corrected chi connectivity index (χ1v) is 10.4. The largest absolute Gasteiger partial charge is 0.497 e. The van der Waals surface area contributed by atoms with Crippen LogP contribution < -0.4 is 10.1 Å². The first-order valence-electron chi connectivity index (χ1n) is 9.43. The second-order valence-corrected chi connectivity index (χ2v) is 7.49. The van der Waals surface area contributed by atoms with Crippen LogP contribution in [0.3, 0.4) is 0 Å². The fourth-order valence-corrected chi connectivity index (χ4v) is 3.50. The Kier molecular flexibility index (Phi) is 8.88. The van der Waals surface area contributed by atoms with E-state index in [1.807, 2.05) is 61.5 Å². The lowest BCUT2D eigenvalue weighted by atomic mass is 10.1. The second kappa shape index (κ2) is 11.4. The van der Waals surface area contributed by atoms with Gasteiger partial charge in [-0.3, -0.25) is 9.59 Å². The number of nitrogens with one attached hydrogen (secondary N) is 1. The summed E-state index contributed by atoms with van der Waals surface area (Å²) in [4.78, 5) is 28.2. The van der Waals surface area contributed by atoms with E-state index in [-0.39, 0.29) is 17.6 Å². The van der Waals surface area contributed by atoms with Gasteiger partial charge in [0.25, 0.3) is 0 Å². The Bertz CT molecular complexity index is 767. The molecule has 0 aliphatic rings. The van der Waals surface area contributed by atoms with Crippen molar-refractivity contribution in [2.45, 2.75) is 37.8 Å². The first kappa shape index (κ1) is 21.8. The predicted molar refractivity (Wildman–Crippen MR) is 113 cm³/mol. The quantitative estimate of drug-likeness (QED) is 0.618. The molecule has 1 N–H and O–H groups in total. The summed E-state index contributed by atoms with van der Waals surface area (Å²) in [6.45, 7) is 4.73. The highest BCUT2D eigenvalue weighted by molar-refractivity contribution is 8.00. The van der Waals surface area contributed by atoms with Crippen molar-refractivity contribution in [3.05, 3.63) is 60.2 Å². The van der Waals surface area contributed by atoms with Crippen LogP contribution in [0.5, 0.6) is 5.75 Å². The van der Waals surface area contributed by atoms with E-state index >= 15 is 0 Å². The summed E-state index contributed by atoms with van der Waals surface area (Å²) >= 11 is 1.47. The van der Waals surface area contributed by atoms with Crippen molar-refractivity contribution in [3.63, 3.8) is 0 Å². The van der Waals surface area contributed by atoms with Crippen molar-refractivity contribution in [2.75, 3.05) is 19.4 Å². The molecular weight excluding hydrogens is 372 g/mol. The minimum atomic E-state index is -0.554. The third kappa shape index (κ3) is 6.60. The highest BCUT2D eigenvalue weighted by atomic mass is 32.2. The normalized spacial score (nSPS) is 11.5. The van der Waals surface area contributed by atoms with Crippen LogP contribution in [0, 0.1) is 0 Å². The Morgan fingerprint density at radius 2 is 1.89 bits per heavy atom. The van der Waals surface area contributed by atoms with Crippen molar-refractivity contribution in [2.24, 2.45) is 0 Å². The number of thioether (sulfide) groups is 1. The van der Waals surface area contributed by atoms with Gasteiger partial charge < -0.3 is 15.0 Å². The molecule has 0 bridgehead atoms. The SMILES string of the molecule is CCCNC(=O)C(C)N(Cc1cccc(OC)c1)C(=O)CSc1ccccc1. The van der Waals surface area contributed by atoms with Crippen molar-refractivity contribution < 1.29 is 14.3 Å². The van der Waals surface area contributed by atoms with Crippen LogP contribution in [0.1, 0.15) is 25.8 Å². The van der Waals surface area contributed by atoms with Gasteiger partial charge in [0.15, 0.2) is 0 Å². The zero-order valence-corrected chi connectivity index (χ0v) is 17.5. The fourth-order valence-electron chi connectivity index (χ4n) is 2.69. The van der Waals surface area contributed by atoms with E-state index in [1.165, 1.54) is 11.8 Å². The van der Waals surface area contributed by atoms with Crippen LogP contribution in [-0.2, 0) is 16.1 Å². The topological polar surface area (TPSA) is 58.6 Å². The summed E-state index contributed by atoms with van der Waals surface area (Å²) < 4.78 is 5.28. The van der Waals surface area contributed by atoms with Crippen molar-refractivity contribution in [3.8, 4) is 5.75 Å². The molecule has 0 aromatic heterocycles. The molecule has 2 rings (SSSR count). The van der Waals surface area contributed by atoms with Gasteiger partial charge in [0.05, 0.1) is 12.9 Å². The molecule has 0 saturated carbocycles. The Morgan fingerprint density at radius 1 is 1.14 bits per heavy atom. The van der Waals surface area contributed by atoms with Gasteiger partial charge in [0.1, 0.15) is 11.8 Å². The lowest BCUT2D eigenvalue weighted by Gasteiger charge is -2.29. The molecule has 150 valence electrons. The monoisotopic (exact) mass is 400 g/mol. The number of methoxy groups -OCH3 is 1. The molecule has 0 fully saturated rings. The predicted octanol–water partition coefficient (Wildman–Crippen LogP) is 3.73. The van der Waals surface area contributed by atoms with Crippen LogP contribution in [0.25, 0.3) is 0 Å². The number of hydrogen-bond acceptors (Lipinski definition) is 4. The average Bonchev–Trinajstić information content (AvgIpc) is 2.74. The molecule has 2 amide bonds. The Balaban J connectivity index is 2.13. The Labute approximate surface area is 171 Å². The van der Waals surface area contributed by atoms with Crippen molar-refractivity contribution in [1.82, 2.24) is 10.2 Å². The van der Waals surface area contributed by atoms with E-state index < -0.39 is 6.04 Å². The van der Waals surface area contributed by atoms with Gasteiger partial charge in [-0.15, -0.1) is 11.8 Å². The van der Waals surface area contributed by atoms with Crippen LogP contribution in [-0.4, -0.2) is 42.2 Å². The lowest BCUT2D eigenvalue weighted by Crippen LogP contribution is -2.48. The van der Waals surface area contributed by atoms with Gasteiger partial charge in [-0.2, -0.15) is 0 Å². The third-order valence-electron chi connectivity index (χ3n) is 4.31. The van der Waals surface area contributed by atoms with E-state index in [9.17, 15) is 9.59 Å². The molecule has 28 heavy (non-hydrogen) atoms. The molecule has 2 aromatic rings. The number of carbonyl (C=O) groups excluding carboxylic acids is 2. The maximum Gasteiger partial charge on any atom is 0.242 e. The number of amides is 2. The number of hydrogen-bond donors (Lipinski definition) is 1. The molecule has 0 aliphatic heterocycles. The number of benzene rings is 2. The molecule has 0 heterocycles. The molecule has 0 spiro atoms. The summed E-state index contributed by atoms with van der Waals surface area (Å²) in [5, 5.41) is 2.89. The first-order chi connectivity index (χ1) is 13.5.